The molecule has 1 amide bonds. The maximum absolute atomic E-state index is 12.8. The molecule has 0 radical (unpaired) electrons. The predicted octanol–water partition coefficient (Wildman–Crippen LogP) is 3.71. The first-order valence-electron chi connectivity index (χ1n) is 9.16. The third kappa shape index (κ3) is 4.82. The lowest BCUT2D eigenvalue weighted by Crippen LogP contribution is -2.51. The number of alkyl halides is 3. The average Bonchev–Trinajstić information content (AvgIpc) is 2.69. The molecule has 1 aliphatic heterocycles. The topological polar surface area (TPSA) is 39.7 Å². The van der Waals surface area contributed by atoms with Crippen molar-refractivity contribution >= 4 is 23.3 Å². The van der Waals surface area contributed by atoms with Crippen molar-refractivity contribution in [2.45, 2.75) is 12.2 Å². The highest BCUT2D eigenvalue weighted by atomic mass is 35.5. The summed E-state index contributed by atoms with van der Waals surface area (Å²) >= 11 is 6.08. The smallest absolute Gasteiger partial charge is 0.353 e. The maximum atomic E-state index is 12.8. The molecule has 1 aliphatic rings. The molecule has 0 bridgehead atoms. The number of hydrogen-bond acceptors (Lipinski definition) is 4. The number of amides is 1. The van der Waals surface area contributed by atoms with Gasteiger partial charge in [-0.3, -0.25) is 9.69 Å². The second kappa shape index (κ2) is 8.59. The van der Waals surface area contributed by atoms with E-state index in [9.17, 15) is 18.0 Å². The molecular formula is C20H22ClF3N4O. The number of halogens is 4. The van der Waals surface area contributed by atoms with Crippen LogP contribution in [0, 0.1) is 0 Å². The van der Waals surface area contributed by atoms with Crippen LogP contribution < -0.4 is 4.90 Å². The second-order valence-electron chi connectivity index (χ2n) is 7.10. The summed E-state index contributed by atoms with van der Waals surface area (Å²) in [5, 5.41) is -0.0303. The van der Waals surface area contributed by atoms with Gasteiger partial charge >= 0.3 is 6.18 Å². The van der Waals surface area contributed by atoms with Gasteiger partial charge in [-0.15, -0.1) is 0 Å². The first-order chi connectivity index (χ1) is 13.7. The number of rotatable bonds is 4. The van der Waals surface area contributed by atoms with Crippen molar-refractivity contribution in [1.82, 2.24) is 14.8 Å². The molecule has 0 N–H and O–H groups in total. The Labute approximate surface area is 172 Å². The van der Waals surface area contributed by atoms with Crippen LogP contribution >= 0.6 is 11.6 Å². The highest BCUT2D eigenvalue weighted by Gasteiger charge is 2.34. The minimum absolute atomic E-state index is 0.0182. The standard InChI is InChI=1S/C20H22ClF3N4O/c1-26(2)19(29)17(14-6-4-3-5-7-14)27-8-10-28(11-9-27)18-16(21)12-15(13-25-18)20(22,23)24/h3-7,12-13,17H,8-11H2,1-2H3/t17-/m0/s1. The summed E-state index contributed by atoms with van der Waals surface area (Å²) < 4.78 is 38.5. The molecule has 1 aromatic heterocycles. The number of carbonyl (C=O) groups excluding carboxylic acids is 1. The molecule has 29 heavy (non-hydrogen) atoms. The summed E-state index contributed by atoms with van der Waals surface area (Å²) in [6, 6.07) is 10.0. The molecule has 1 atom stereocenters. The van der Waals surface area contributed by atoms with Crippen molar-refractivity contribution in [3.63, 3.8) is 0 Å². The number of aromatic nitrogens is 1. The van der Waals surface area contributed by atoms with Crippen LogP contribution in [0.15, 0.2) is 42.6 Å². The summed E-state index contributed by atoms with van der Waals surface area (Å²) in [4.78, 5) is 22.2. The molecule has 1 aromatic carbocycles. The van der Waals surface area contributed by atoms with E-state index in [1.54, 1.807) is 19.0 Å². The lowest BCUT2D eigenvalue weighted by Gasteiger charge is -2.40. The number of carbonyl (C=O) groups is 1. The van der Waals surface area contributed by atoms with Gasteiger partial charge in [0.2, 0.25) is 5.91 Å². The molecule has 2 heterocycles. The molecule has 0 unspecified atom stereocenters. The highest BCUT2D eigenvalue weighted by Crippen LogP contribution is 2.34. The van der Waals surface area contributed by atoms with Crippen molar-refractivity contribution in [3.8, 4) is 0 Å². The molecule has 156 valence electrons. The van der Waals surface area contributed by atoms with Gasteiger partial charge in [0.05, 0.1) is 10.6 Å². The van der Waals surface area contributed by atoms with Crippen LogP contribution in [0.25, 0.3) is 0 Å². The Morgan fingerprint density at radius 1 is 1.14 bits per heavy atom. The van der Waals surface area contributed by atoms with Gasteiger partial charge in [-0.1, -0.05) is 41.9 Å². The third-order valence-electron chi connectivity index (χ3n) is 4.92. The van der Waals surface area contributed by atoms with Crippen molar-refractivity contribution in [3.05, 3.63) is 58.7 Å². The number of piperazine rings is 1. The minimum Gasteiger partial charge on any atom is -0.353 e. The van der Waals surface area contributed by atoms with Crippen LogP contribution in [0.2, 0.25) is 5.02 Å². The zero-order valence-corrected chi connectivity index (χ0v) is 16.9. The van der Waals surface area contributed by atoms with E-state index in [0.717, 1.165) is 17.8 Å². The lowest BCUT2D eigenvalue weighted by molar-refractivity contribution is -0.138. The van der Waals surface area contributed by atoms with Gasteiger partial charge in [-0.25, -0.2) is 4.98 Å². The SMILES string of the molecule is CN(C)C(=O)[C@H](c1ccccc1)N1CCN(c2ncc(C(F)(F)F)cc2Cl)CC1. The van der Waals surface area contributed by atoms with E-state index in [1.807, 2.05) is 35.2 Å². The van der Waals surface area contributed by atoms with Crippen LogP contribution in [0.1, 0.15) is 17.2 Å². The lowest BCUT2D eigenvalue weighted by atomic mass is 10.0. The molecule has 9 heteroatoms. The molecular weight excluding hydrogens is 405 g/mol. The summed E-state index contributed by atoms with van der Waals surface area (Å²) in [6.45, 7) is 2.11. The van der Waals surface area contributed by atoms with Crippen LogP contribution in [0.4, 0.5) is 19.0 Å². The quantitative estimate of drug-likeness (QED) is 0.747. The molecule has 3 rings (SSSR count). The van der Waals surface area contributed by atoms with Crippen LogP contribution in [0.3, 0.4) is 0 Å². The van der Waals surface area contributed by atoms with E-state index >= 15 is 0 Å². The number of hydrogen-bond donors (Lipinski definition) is 0. The number of nitrogens with zero attached hydrogens (tertiary/aromatic N) is 4. The largest absolute Gasteiger partial charge is 0.417 e. The van der Waals surface area contributed by atoms with E-state index in [1.165, 1.54) is 0 Å². The predicted molar refractivity (Wildman–Crippen MR) is 106 cm³/mol. The summed E-state index contributed by atoms with van der Waals surface area (Å²) in [7, 11) is 3.45. The summed E-state index contributed by atoms with van der Waals surface area (Å²) in [5.41, 5.74) is 0.0379. The Kier molecular flexibility index (Phi) is 6.33. The zero-order valence-electron chi connectivity index (χ0n) is 16.2. The second-order valence-corrected chi connectivity index (χ2v) is 7.50. The van der Waals surface area contributed by atoms with Gasteiger partial charge in [-0.05, 0) is 11.6 Å². The third-order valence-corrected chi connectivity index (χ3v) is 5.20. The molecule has 0 spiro atoms. The van der Waals surface area contributed by atoms with Gasteiger partial charge in [-0.2, -0.15) is 13.2 Å². The van der Waals surface area contributed by atoms with Crippen LogP contribution in [-0.2, 0) is 11.0 Å². The zero-order chi connectivity index (χ0) is 21.2. The van der Waals surface area contributed by atoms with Crippen molar-refractivity contribution in [1.29, 1.82) is 0 Å². The number of benzene rings is 1. The van der Waals surface area contributed by atoms with E-state index in [2.05, 4.69) is 9.88 Å². The first-order valence-corrected chi connectivity index (χ1v) is 9.54. The van der Waals surface area contributed by atoms with Crippen molar-refractivity contribution < 1.29 is 18.0 Å². The fourth-order valence-electron chi connectivity index (χ4n) is 3.40. The average molecular weight is 427 g/mol. The van der Waals surface area contributed by atoms with Gasteiger partial charge in [0, 0.05) is 46.5 Å². The molecule has 1 saturated heterocycles. The molecule has 0 saturated carbocycles. The van der Waals surface area contributed by atoms with Crippen molar-refractivity contribution in [2.24, 2.45) is 0 Å². The van der Waals surface area contributed by atoms with Crippen molar-refractivity contribution in [2.75, 3.05) is 45.2 Å². The molecule has 0 aliphatic carbocycles. The van der Waals surface area contributed by atoms with E-state index in [-0.39, 0.29) is 10.9 Å². The van der Waals surface area contributed by atoms with Crippen LogP contribution in [-0.4, -0.2) is 61.0 Å². The Morgan fingerprint density at radius 3 is 2.28 bits per heavy atom. The fourth-order valence-corrected chi connectivity index (χ4v) is 3.69. The Balaban J connectivity index is 1.76. The fraction of sp³-hybridized carbons (Fsp3) is 0.400. The highest BCUT2D eigenvalue weighted by molar-refractivity contribution is 6.33. The van der Waals surface area contributed by atoms with Gasteiger partial charge in [0.15, 0.2) is 0 Å². The summed E-state index contributed by atoms with van der Waals surface area (Å²) in [6.07, 6.45) is -3.68. The summed E-state index contributed by atoms with van der Waals surface area (Å²) in [5.74, 6) is 0.310. The molecule has 1 fully saturated rings. The Morgan fingerprint density at radius 2 is 1.76 bits per heavy atom. The van der Waals surface area contributed by atoms with E-state index in [0.29, 0.717) is 32.0 Å². The van der Waals surface area contributed by atoms with Gasteiger partial charge < -0.3 is 9.80 Å². The van der Waals surface area contributed by atoms with E-state index < -0.39 is 17.8 Å². The van der Waals surface area contributed by atoms with Gasteiger partial charge in [0.1, 0.15) is 11.9 Å². The van der Waals surface area contributed by atoms with Gasteiger partial charge in [0.25, 0.3) is 0 Å². The molecule has 5 nitrogen and oxygen atoms in total. The van der Waals surface area contributed by atoms with Crippen LogP contribution in [0.5, 0.6) is 0 Å². The number of anilines is 1. The first kappa shape index (κ1) is 21.4. The maximum Gasteiger partial charge on any atom is 0.417 e. The number of pyridine rings is 1. The Bertz CT molecular complexity index is 853. The normalized spacial score (nSPS) is 16.6. The number of likely N-dealkylation sites (N-methyl/N-ethyl adjacent to an activating group) is 1. The molecule has 2 aromatic rings. The van der Waals surface area contributed by atoms with E-state index in [4.69, 9.17) is 11.6 Å². The minimum atomic E-state index is -4.48. The Hall–Kier alpha value is -2.32. The monoisotopic (exact) mass is 426 g/mol.